The van der Waals surface area contributed by atoms with Crippen molar-refractivity contribution in [2.24, 2.45) is 0 Å². The number of aliphatic hydroxyl groups is 5. The molecular formula is C31H37F7N4O13. The minimum absolute atomic E-state index is 0.00590. The molecule has 4 rings (SSSR count). The maximum absolute atomic E-state index is 14.7. The summed E-state index contributed by atoms with van der Waals surface area (Å²) in [5.74, 6) is -22.5. The zero-order valence-electron chi connectivity index (χ0n) is 29.2. The third-order valence-corrected chi connectivity index (χ3v) is 10.2. The Labute approximate surface area is 305 Å². The largest absolute Gasteiger partial charge is 0.507 e. The molecule has 2 aliphatic rings. The van der Waals surface area contributed by atoms with Crippen LogP contribution in [0.3, 0.4) is 0 Å². The number of carbonyl (C=O) groups excluding carboxylic acids is 2. The minimum atomic E-state index is -5.94. The van der Waals surface area contributed by atoms with Gasteiger partial charge < -0.3 is 66.0 Å². The summed E-state index contributed by atoms with van der Waals surface area (Å²) in [7, 11) is 0.511. The Bertz CT molecular complexity index is 1830. The molecule has 24 heteroatoms. The van der Waals surface area contributed by atoms with Gasteiger partial charge in [0, 0.05) is 51.3 Å². The van der Waals surface area contributed by atoms with Crippen molar-refractivity contribution in [1.82, 2.24) is 19.6 Å². The topological polar surface area (TPSA) is 270 Å². The van der Waals surface area contributed by atoms with Crippen LogP contribution in [0, 0.1) is 12.7 Å². The molecular weight excluding hydrogens is 769 g/mol. The van der Waals surface area contributed by atoms with Crippen LogP contribution in [0.25, 0.3) is 0 Å². The van der Waals surface area contributed by atoms with Gasteiger partial charge in [-0.1, -0.05) is 0 Å². The number of amides is 3. The Balaban J connectivity index is 2.03. The molecule has 0 aromatic heterocycles. The molecule has 0 spiro atoms. The lowest BCUT2D eigenvalue weighted by Crippen LogP contribution is -2.84. The first-order valence-corrected chi connectivity index (χ1v) is 15.8. The van der Waals surface area contributed by atoms with Crippen LogP contribution in [-0.2, 0) is 17.1 Å². The number of hydrogen-bond donors (Lipinski definition) is 11. The fourth-order valence-corrected chi connectivity index (χ4v) is 7.21. The van der Waals surface area contributed by atoms with Gasteiger partial charge in [0.15, 0.2) is 22.8 Å². The summed E-state index contributed by atoms with van der Waals surface area (Å²) in [4.78, 5) is 28.1. The number of phenols is 6. The van der Waals surface area contributed by atoms with Gasteiger partial charge in [-0.25, -0.2) is 4.79 Å². The van der Waals surface area contributed by atoms with Crippen LogP contribution in [0.2, 0.25) is 0 Å². The van der Waals surface area contributed by atoms with Crippen LogP contribution >= 0.6 is 0 Å². The second kappa shape index (κ2) is 13.5. The van der Waals surface area contributed by atoms with E-state index in [0.29, 0.717) is 20.9 Å². The lowest BCUT2D eigenvalue weighted by Gasteiger charge is -2.62. The molecule has 2 saturated heterocycles. The van der Waals surface area contributed by atoms with E-state index in [2.05, 4.69) is 0 Å². The first-order valence-electron chi connectivity index (χ1n) is 15.8. The van der Waals surface area contributed by atoms with Crippen LogP contribution in [0.15, 0.2) is 0 Å². The number of alkyl halides is 6. The Morgan fingerprint density at radius 3 is 1.65 bits per heavy atom. The van der Waals surface area contributed by atoms with Crippen molar-refractivity contribution >= 4 is 11.9 Å². The number of hydrogen-bond acceptors (Lipinski definition) is 14. The molecule has 0 saturated carbocycles. The van der Waals surface area contributed by atoms with E-state index in [1.807, 2.05) is 0 Å². The van der Waals surface area contributed by atoms with Crippen LogP contribution in [0.1, 0.15) is 60.7 Å². The minimum Gasteiger partial charge on any atom is -0.507 e. The molecule has 0 bridgehead atoms. The van der Waals surface area contributed by atoms with Crippen molar-refractivity contribution in [3.8, 4) is 34.5 Å². The fraction of sp³-hybridized carbons (Fsp3) is 0.548. The van der Waals surface area contributed by atoms with E-state index in [0.717, 1.165) is 11.8 Å². The van der Waals surface area contributed by atoms with Crippen molar-refractivity contribution in [1.29, 1.82) is 0 Å². The highest BCUT2D eigenvalue weighted by atomic mass is 19.4. The smallest absolute Gasteiger partial charge is 0.423 e. The highest BCUT2D eigenvalue weighted by Gasteiger charge is 2.73. The lowest BCUT2D eigenvalue weighted by molar-refractivity contribution is -0.429. The molecule has 55 heavy (non-hydrogen) atoms. The van der Waals surface area contributed by atoms with E-state index < -0.39 is 133 Å². The lowest BCUT2D eigenvalue weighted by atomic mass is 9.72. The number of carbonyl (C=O) groups is 2. The molecule has 4 atom stereocenters. The molecule has 17 nitrogen and oxygen atoms in total. The summed E-state index contributed by atoms with van der Waals surface area (Å²) < 4.78 is 98.2. The molecule has 2 heterocycles. The van der Waals surface area contributed by atoms with E-state index >= 15 is 0 Å². The molecule has 11 N–H and O–H groups in total. The van der Waals surface area contributed by atoms with Gasteiger partial charge in [-0.05, 0) is 20.8 Å². The summed E-state index contributed by atoms with van der Waals surface area (Å²) >= 11 is 0. The molecule has 4 unspecified atom stereocenters. The summed E-state index contributed by atoms with van der Waals surface area (Å²) in [6.07, 6.45) is -11.9. The van der Waals surface area contributed by atoms with Gasteiger partial charge in [-0.15, -0.1) is 0 Å². The molecule has 2 fully saturated rings. The van der Waals surface area contributed by atoms with E-state index in [9.17, 15) is 96.5 Å². The van der Waals surface area contributed by atoms with Crippen LogP contribution in [0.4, 0.5) is 35.5 Å². The third kappa shape index (κ3) is 6.48. The number of phenolic OH excluding ortho intramolecular Hbond substituents is 6. The maximum atomic E-state index is 14.7. The maximum Gasteiger partial charge on any atom is 0.423 e. The van der Waals surface area contributed by atoms with E-state index in [-0.39, 0.29) is 31.1 Å². The monoisotopic (exact) mass is 806 g/mol. The predicted octanol–water partition coefficient (Wildman–Crippen LogP) is 1.18. The number of aromatic hydroxyl groups is 6. The molecule has 2 aromatic carbocycles. The zero-order chi connectivity index (χ0) is 42.5. The Morgan fingerprint density at radius 2 is 1.24 bits per heavy atom. The number of likely N-dealkylation sites (tertiary alicyclic amines) is 1. The predicted molar refractivity (Wildman–Crippen MR) is 166 cm³/mol. The molecule has 308 valence electrons. The van der Waals surface area contributed by atoms with Crippen LogP contribution < -0.4 is 0 Å². The average Bonchev–Trinajstić information content (AvgIpc) is 3.03. The summed E-state index contributed by atoms with van der Waals surface area (Å²) in [5, 5.41) is 122. The Kier molecular flexibility index (Phi) is 10.5. The van der Waals surface area contributed by atoms with Gasteiger partial charge in [0.1, 0.15) is 40.5 Å². The van der Waals surface area contributed by atoms with Crippen molar-refractivity contribution in [2.45, 2.75) is 75.5 Å². The number of rotatable bonds is 4. The number of halogens is 7. The van der Waals surface area contributed by atoms with Gasteiger partial charge >= 0.3 is 18.4 Å². The van der Waals surface area contributed by atoms with E-state index in [4.69, 9.17) is 0 Å². The summed E-state index contributed by atoms with van der Waals surface area (Å²) in [6, 6.07) is -9.99. The van der Waals surface area contributed by atoms with Crippen LogP contribution in [-0.4, -0.2) is 144 Å². The number of urea groups is 1. The number of piperidine rings is 1. The number of nitrogens with zero attached hydrogens (tertiary/aromatic N) is 4. The highest BCUT2D eigenvalue weighted by Crippen LogP contribution is 2.58. The van der Waals surface area contributed by atoms with Gasteiger partial charge in [0.25, 0.3) is 5.91 Å². The van der Waals surface area contributed by atoms with Crippen molar-refractivity contribution < 1.29 is 96.5 Å². The molecule has 2 aromatic rings. The van der Waals surface area contributed by atoms with Gasteiger partial charge in [0.2, 0.25) is 17.5 Å². The second-order valence-corrected chi connectivity index (χ2v) is 13.5. The summed E-state index contributed by atoms with van der Waals surface area (Å²) in [5.41, 5.74) is -12.8. The van der Waals surface area contributed by atoms with Gasteiger partial charge in [-0.2, -0.15) is 30.7 Å². The van der Waals surface area contributed by atoms with E-state index in [1.165, 1.54) is 11.8 Å². The standard InChI is InChI=1S/C31H37F7N4O13/c1-10-13(21(47)23(49)17(32)18(10)44)24-28(52,53)25(41-8-6-40(7-9-41)12(3)43)27(4,51)31(54,55)42(24)26(50)39(5)11(2)14-19(45)15(29(33,34)35)22(48)16(20(14)46)30(36,37)38/h11,24-25,44-49,51-55H,6-9H2,1-5H3. The fourth-order valence-electron chi connectivity index (χ4n) is 7.21. The normalized spacial score (nSPS) is 23.8. The SMILES string of the molecule is CC(=O)N1CCN(C2C(O)(O)C(c3c(C)c(O)c(F)c(O)c3O)N(C(=O)N(C)C(C)c3c(O)c(C(F)(F)F)c(O)c(C(F)(F)F)c3O)C(O)(O)C2(C)O)CC1. The van der Waals surface area contributed by atoms with Crippen molar-refractivity contribution in [3.63, 3.8) is 0 Å². The molecule has 0 aliphatic carbocycles. The summed E-state index contributed by atoms with van der Waals surface area (Å²) in [6.45, 7) is 2.04. The molecule has 3 amide bonds. The Morgan fingerprint density at radius 1 is 0.782 bits per heavy atom. The van der Waals surface area contributed by atoms with Gasteiger partial charge in [0.05, 0.1) is 11.6 Å². The van der Waals surface area contributed by atoms with E-state index in [1.54, 1.807) is 0 Å². The number of benzene rings is 2. The van der Waals surface area contributed by atoms with Gasteiger partial charge in [-0.3, -0.25) is 14.6 Å². The first-order chi connectivity index (χ1) is 24.8. The zero-order valence-corrected chi connectivity index (χ0v) is 29.2. The van der Waals surface area contributed by atoms with Crippen molar-refractivity contribution in [2.75, 3.05) is 33.2 Å². The highest BCUT2D eigenvalue weighted by molar-refractivity contribution is 5.78. The first kappa shape index (κ1) is 43.0. The number of piperazine rings is 1. The third-order valence-electron chi connectivity index (χ3n) is 10.2. The average molecular weight is 807 g/mol. The second-order valence-electron chi connectivity index (χ2n) is 13.5. The molecule has 0 radical (unpaired) electrons. The van der Waals surface area contributed by atoms with Crippen molar-refractivity contribution in [3.05, 3.63) is 33.6 Å². The Hall–Kier alpha value is -4.75. The molecule has 2 aliphatic heterocycles. The van der Waals surface area contributed by atoms with Crippen LogP contribution in [0.5, 0.6) is 34.5 Å². The quantitative estimate of drug-likeness (QED) is 0.0897.